The van der Waals surface area contributed by atoms with Crippen molar-refractivity contribution >= 4 is 15.9 Å². The first-order chi connectivity index (χ1) is 6.29. The number of rotatable bonds is 1. The van der Waals surface area contributed by atoms with E-state index < -0.39 is 0 Å². The summed E-state index contributed by atoms with van der Waals surface area (Å²) in [5, 5.41) is 0. The predicted molar refractivity (Wildman–Crippen MR) is 55.9 cm³/mol. The molecule has 1 heterocycles. The van der Waals surface area contributed by atoms with Crippen LogP contribution in [0.1, 0.15) is 5.56 Å². The van der Waals surface area contributed by atoms with Crippen LogP contribution in [0, 0.1) is 5.92 Å². The van der Waals surface area contributed by atoms with Gasteiger partial charge in [-0.2, -0.15) is 0 Å². The van der Waals surface area contributed by atoms with Crippen LogP contribution in [0.15, 0.2) is 22.7 Å². The van der Waals surface area contributed by atoms with Crippen LogP contribution in [0.4, 0.5) is 0 Å². The van der Waals surface area contributed by atoms with Crippen LogP contribution in [0.3, 0.4) is 0 Å². The average molecular weight is 242 g/mol. The van der Waals surface area contributed by atoms with Crippen LogP contribution in [-0.4, -0.2) is 13.2 Å². The van der Waals surface area contributed by atoms with Crippen molar-refractivity contribution in [3.63, 3.8) is 0 Å². The Morgan fingerprint density at radius 3 is 3.15 bits per heavy atom. The van der Waals surface area contributed by atoms with E-state index in [0.29, 0.717) is 12.5 Å². The Hall–Kier alpha value is -0.540. The molecule has 1 aliphatic rings. The summed E-state index contributed by atoms with van der Waals surface area (Å²) >= 11 is 3.42. The van der Waals surface area contributed by atoms with E-state index in [4.69, 9.17) is 10.5 Å². The van der Waals surface area contributed by atoms with Gasteiger partial charge in [0, 0.05) is 10.4 Å². The molecule has 70 valence electrons. The minimum absolute atomic E-state index is 0.480. The molecule has 2 N–H and O–H groups in total. The van der Waals surface area contributed by atoms with Crippen LogP contribution >= 0.6 is 15.9 Å². The van der Waals surface area contributed by atoms with Crippen LogP contribution in [0.25, 0.3) is 0 Å². The Balaban J connectivity index is 2.26. The van der Waals surface area contributed by atoms with E-state index in [-0.39, 0.29) is 0 Å². The first-order valence-corrected chi connectivity index (χ1v) is 5.20. The number of halogens is 1. The monoisotopic (exact) mass is 241 g/mol. The quantitative estimate of drug-likeness (QED) is 0.816. The molecule has 1 aliphatic heterocycles. The van der Waals surface area contributed by atoms with Gasteiger partial charge in [-0.25, -0.2) is 0 Å². The van der Waals surface area contributed by atoms with Crippen molar-refractivity contribution in [2.45, 2.75) is 6.42 Å². The SMILES string of the molecule is NCC1COc2cc(Br)ccc2C1. The first-order valence-electron chi connectivity index (χ1n) is 4.41. The maximum Gasteiger partial charge on any atom is 0.123 e. The first kappa shape index (κ1) is 9.03. The number of benzene rings is 1. The second-order valence-electron chi connectivity index (χ2n) is 3.37. The van der Waals surface area contributed by atoms with Crippen molar-refractivity contribution in [3.05, 3.63) is 28.2 Å². The molecule has 0 radical (unpaired) electrons. The summed E-state index contributed by atoms with van der Waals surface area (Å²) in [4.78, 5) is 0. The highest BCUT2D eigenvalue weighted by atomic mass is 79.9. The summed E-state index contributed by atoms with van der Waals surface area (Å²) in [7, 11) is 0. The van der Waals surface area contributed by atoms with Crippen molar-refractivity contribution in [3.8, 4) is 5.75 Å². The minimum atomic E-state index is 0.480. The van der Waals surface area contributed by atoms with Crippen LogP contribution in [0.2, 0.25) is 0 Å². The van der Waals surface area contributed by atoms with Crippen LogP contribution in [-0.2, 0) is 6.42 Å². The molecule has 0 amide bonds. The van der Waals surface area contributed by atoms with Gasteiger partial charge in [-0.3, -0.25) is 0 Å². The van der Waals surface area contributed by atoms with Gasteiger partial charge < -0.3 is 10.5 Å². The molecule has 2 nitrogen and oxygen atoms in total. The predicted octanol–water partition coefficient (Wildman–Crippen LogP) is 1.96. The highest BCUT2D eigenvalue weighted by Gasteiger charge is 2.18. The average Bonchev–Trinajstić information content (AvgIpc) is 2.17. The molecule has 13 heavy (non-hydrogen) atoms. The van der Waals surface area contributed by atoms with E-state index in [1.165, 1.54) is 5.56 Å². The van der Waals surface area contributed by atoms with Crippen molar-refractivity contribution in [1.29, 1.82) is 0 Å². The molecular weight excluding hydrogens is 230 g/mol. The van der Waals surface area contributed by atoms with Gasteiger partial charge in [0.15, 0.2) is 0 Å². The normalized spacial score (nSPS) is 20.6. The molecule has 0 saturated carbocycles. The van der Waals surface area contributed by atoms with E-state index in [2.05, 4.69) is 22.0 Å². The third-order valence-electron chi connectivity index (χ3n) is 2.35. The van der Waals surface area contributed by atoms with Crippen molar-refractivity contribution in [2.24, 2.45) is 11.7 Å². The lowest BCUT2D eigenvalue weighted by atomic mass is 9.97. The fraction of sp³-hybridized carbons (Fsp3) is 0.400. The topological polar surface area (TPSA) is 35.2 Å². The minimum Gasteiger partial charge on any atom is -0.493 e. The molecule has 1 atom stereocenters. The summed E-state index contributed by atoms with van der Waals surface area (Å²) in [6.45, 7) is 1.45. The largest absolute Gasteiger partial charge is 0.493 e. The third-order valence-corrected chi connectivity index (χ3v) is 2.84. The lowest BCUT2D eigenvalue weighted by molar-refractivity contribution is 0.226. The molecule has 0 spiro atoms. The maximum atomic E-state index is 5.60. The molecular formula is C10H12BrNO. The van der Waals surface area contributed by atoms with Gasteiger partial charge in [0.25, 0.3) is 0 Å². The maximum absolute atomic E-state index is 5.60. The summed E-state index contributed by atoms with van der Waals surface area (Å²) in [5.74, 6) is 1.48. The second-order valence-corrected chi connectivity index (χ2v) is 4.28. The number of nitrogens with two attached hydrogens (primary N) is 1. The van der Waals surface area contributed by atoms with E-state index in [1.807, 2.05) is 12.1 Å². The Bertz CT molecular complexity index is 314. The number of ether oxygens (including phenoxy) is 1. The van der Waals surface area contributed by atoms with E-state index in [9.17, 15) is 0 Å². The summed E-state index contributed by atoms with van der Waals surface area (Å²) in [6.07, 6.45) is 1.04. The summed E-state index contributed by atoms with van der Waals surface area (Å²) in [5.41, 5.74) is 6.87. The van der Waals surface area contributed by atoms with Crippen LogP contribution < -0.4 is 10.5 Å². The third kappa shape index (κ3) is 1.86. The van der Waals surface area contributed by atoms with Gasteiger partial charge in [0.2, 0.25) is 0 Å². The molecule has 0 saturated heterocycles. The van der Waals surface area contributed by atoms with Gasteiger partial charge in [-0.1, -0.05) is 22.0 Å². The summed E-state index contributed by atoms with van der Waals surface area (Å²) in [6, 6.07) is 6.16. The Morgan fingerprint density at radius 1 is 1.54 bits per heavy atom. The van der Waals surface area contributed by atoms with Gasteiger partial charge in [0.05, 0.1) is 6.61 Å². The molecule has 0 bridgehead atoms. The van der Waals surface area contributed by atoms with E-state index in [0.717, 1.165) is 23.2 Å². The molecule has 0 aromatic heterocycles. The molecule has 0 aliphatic carbocycles. The van der Waals surface area contributed by atoms with Gasteiger partial charge in [0.1, 0.15) is 5.75 Å². The fourth-order valence-electron chi connectivity index (χ4n) is 1.56. The fourth-order valence-corrected chi connectivity index (χ4v) is 1.90. The molecule has 1 unspecified atom stereocenters. The zero-order chi connectivity index (χ0) is 9.26. The van der Waals surface area contributed by atoms with Crippen LogP contribution in [0.5, 0.6) is 5.75 Å². The van der Waals surface area contributed by atoms with Gasteiger partial charge >= 0.3 is 0 Å². The highest BCUT2D eigenvalue weighted by molar-refractivity contribution is 9.10. The molecule has 0 fully saturated rings. The zero-order valence-corrected chi connectivity index (χ0v) is 8.88. The summed E-state index contributed by atoms with van der Waals surface area (Å²) < 4.78 is 6.66. The Morgan fingerprint density at radius 2 is 2.38 bits per heavy atom. The zero-order valence-electron chi connectivity index (χ0n) is 7.29. The smallest absolute Gasteiger partial charge is 0.123 e. The van der Waals surface area contributed by atoms with E-state index >= 15 is 0 Å². The second kappa shape index (κ2) is 3.68. The van der Waals surface area contributed by atoms with Crippen molar-refractivity contribution in [2.75, 3.05) is 13.2 Å². The van der Waals surface area contributed by atoms with E-state index in [1.54, 1.807) is 0 Å². The van der Waals surface area contributed by atoms with Crippen molar-refractivity contribution in [1.82, 2.24) is 0 Å². The molecule has 1 aromatic carbocycles. The lowest BCUT2D eigenvalue weighted by Gasteiger charge is -2.24. The Labute approximate surface area is 86.2 Å². The number of hydrogen-bond donors (Lipinski definition) is 1. The number of hydrogen-bond acceptors (Lipinski definition) is 2. The standard InChI is InChI=1S/C10H12BrNO/c11-9-2-1-8-3-7(5-12)6-13-10(8)4-9/h1-2,4,7H,3,5-6,12H2. The van der Waals surface area contributed by atoms with Gasteiger partial charge in [-0.05, 0) is 30.7 Å². The Kier molecular flexibility index (Phi) is 2.56. The highest BCUT2D eigenvalue weighted by Crippen LogP contribution is 2.29. The lowest BCUT2D eigenvalue weighted by Crippen LogP contribution is -2.27. The number of fused-ring (bicyclic) bond motifs is 1. The molecule has 2 rings (SSSR count). The van der Waals surface area contributed by atoms with Gasteiger partial charge in [-0.15, -0.1) is 0 Å². The molecule has 1 aromatic rings. The molecule has 3 heteroatoms. The van der Waals surface area contributed by atoms with Crippen molar-refractivity contribution < 1.29 is 4.74 Å².